The van der Waals surface area contributed by atoms with E-state index in [1.54, 1.807) is 7.11 Å². The molecule has 14 heavy (non-hydrogen) atoms. The van der Waals surface area contributed by atoms with Crippen molar-refractivity contribution < 1.29 is 14.3 Å². The summed E-state index contributed by atoms with van der Waals surface area (Å²) in [6.07, 6.45) is 0.800. The largest absolute Gasteiger partial charge is 0.379 e. The van der Waals surface area contributed by atoms with Gasteiger partial charge in [0.15, 0.2) is 5.78 Å². The van der Waals surface area contributed by atoms with E-state index in [1.165, 1.54) is 0 Å². The van der Waals surface area contributed by atoms with Gasteiger partial charge in [0.05, 0.1) is 5.60 Å². The molecule has 0 aliphatic rings. The summed E-state index contributed by atoms with van der Waals surface area (Å²) in [6.45, 7) is 8.55. The number of ketones is 1. The Hall–Kier alpha value is -0.410. The third-order valence-electron chi connectivity index (χ3n) is 2.29. The van der Waals surface area contributed by atoms with Crippen LogP contribution in [-0.2, 0) is 14.3 Å². The van der Waals surface area contributed by atoms with Crippen molar-refractivity contribution in [3.05, 3.63) is 0 Å². The molecule has 0 saturated heterocycles. The summed E-state index contributed by atoms with van der Waals surface area (Å²) < 4.78 is 10.5. The molecule has 0 atom stereocenters. The fraction of sp³-hybridized carbons (Fsp3) is 0.909. The minimum Gasteiger partial charge on any atom is -0.379 e. The Bertz CT molecular complexity index is 173. The number of ether oxygens (including phenoxy) is 2. The quantitative estimate of drug-likeness (QED) is 0.593. The van der Waals surface area contributed by atoms with Crippen LogP contribution in [0.5, 0.6) is 0 Å². The molecule has 0 spiro atoms. The minimum atomic E-state index is -0.166. The van der Waals surface area contributed by atoms with E-state index in [0.29, 0.717) is 6.61 Å². The van der Waals surface area contributed by atoms with Gasteiger partial charge in [-0.15, -0.1) is 0 Å². The Balaban J connectivity index is 3.52. The zero-order valence-corrected chi connectivity index (χ0v) is 9.92. The lowest BCUT2D eigenvalue weighted by Crippen LogP contribution is -2.25. The summed E-state index contributed by atoms with van der Waals surface area (Å²) in [5.74, 6) is 0.214. The van der Waals surface area contributed by atoms with Crippen LogP contribution in [0.3, 0.4) is 0 Å². The van der Waals surface area contributed by atoms with Crippen molar-refractivity contribution in [1.82, 2.24) is 0 Å². The monoisotopic (exact) mass is 202 g/mol. The predicted octanol–water partition coefficient (Wildman–Crippen LogP) is 2.04. The Morgan fingerprint density at radius 3 is 2.36 bits per heavy atom. The minimum absolute atomic E-state index is 0.0606. The van der Waals surface area contributed by atoms with E-state index in [0.717, 1.165) is 6.42 Å². The summed E-state index contributed by atoms with van der Waals surface area (Å²) in [6, 6.07) is 0. The topological polar surface area (TPSA) is 35.5 Å². The maximum absolute atomic E-state index is 11.2. The molecule has 0 aromatic carbocycles. The third kappa shape index (κ3) is 6.11. The third-order valence-corrected chi connectivity index (χ3v) is 2.29. The van der Waals surface area contributed by atoms with E-state index >= 15 is 0 Å². The summed E-state index contributed by atoms with van der Waals surface area (Å²) >= 11 is 0. The maximum atomic E-state index is 11.2. The molecule has 0 unspecified atom stereocenters. The average molecular weight is 202 g/mol. The molecule has 84 valence electrons. The highest BCUT2D eigenvalue weighted by molar-refractivity contribution is 5.81. The summed E-state index contributed by atoms with van der Waals surface area (Å²) in [7, 11) is 1.68. The van der Waals surface area contributed by atoms with E-state index in [-0.39, 0.29) is 23.9 Å². The molecule has 0 aliphatic carbocycles. The lowest BCUT2D eigenvalue weighted by molar-refractivity contribution is -0.127. The molecule has 0 heterocycles. The number of hydrogen-bond acceptors (Lipinski definition) is 3. The molecule has 0 aliphatic heterocycles. The lowest BCUT2D eigenvalue weighted by Gasteiger charge is -2.22. The molecule has 0 rings (SSSR count). The van der Waals surface area contributed by atoms with Gasteiger partial charge in [-0.2, -0.15) is 0 Å². The number of hydrogen-bond donors (Lipinski definition) is 0. The Morgan fingerprint density at radius 2 is 1.93 bits per heavy atom. The van der Waals surface area contributed by atoms with Crippen LogP contribution in [0.25, 0.3) is 0 Å². The number of rotatable bonds is 7. The second kappa shape index (κ2) is 6.14. The molecule has 0 N–H and O–H groups in total. The second-order valence-electron chi connectivity index (χ2n) is 4.39. The highest BCUT2D eigenvalue weighted by Crippen LogP contribution is 2.12. The Morgan fingerprint density at radius 1 is 1.36 bits per heavy atom. The molecule has 0 radical (unpaired) electrons. The Kier molecular flexibility index (Phi) is 5.96. The van der Waals surface area contributed by atoms with Crippen molar-refractivity contribution in [2.24, 2.45) is 5.92 Å². The molecule has 3 nitrogen and oxygen atoms in total. The Labute approximate surface area is 86.8 Å². The van der Waals surface area contributed by atoms with Gasteiger partial charge < -0.3 is 9.47 Å². The summed E-state index contributed by atoms with van der Waals surface area (Å²) in [4.78, 5) is 11.2. The van der Waals surface area contributed by atoms with Gasteiger partial charge in [0.2, 0.25) is 0 Å². The first-order valence-electron chi connectivity index (χ1n) is 5.04. The first-order chi connectivity index (χ1) is 6.39. The van der Waals surface area contributed by atoms with Crippen molar-refractivity contribution >= 4 is 5.78 Å². The van der Waals surface area contributed by atoms with E-state index in [9.17, 15) is 4.79 Å². The zero-order valence-electron chi connectivity index (χ0n) is 9.92. The number of carbonyl (C=O) groups is 1. The normalized spacial score (nSPS) is 12.1. The standard InChI is InChI=1S/C11H22O3/c1-9(2)10(12)8-14-7-6-11(3,4)13-5/h9H,6-8H2,1-5H3. The summed E-state index contributed by atoms with van der Waals surface area (Å²) in [5, 5.41) is 0. The van der Waals surface area contributed by atoms with Crippen molar-refractivity contribution in [1.29, 1.82) is 0 Å². The van der Waals surface area contributed by atoms with Crippen molar-refractivity contribution in [3.8, 4) is 0 Å². The first kappa shape index (κ1) is 13.6. The maximum Gasteiger partial charge on any atom is 0.160 e. The smallest absolute Gasteiger partial charge is 0.160 e. The molecule has 0 amide bonds. The van der Waals surface area contributed by atoms with Crippen LogP contribution in [0.2, 0.25) is 0 Å². The lowest BCUT2D eigenvalue weighted by atomic mass is 10.1. The highest BCUT2D eigenvalue weighted by Gasteiger charge is 2.16. The van der Waals surface area contributed by atoms with Crippen molar-refractivity contribution in [2.75, 3.05) is 20.3 Å². The summed E-state index contributed by atoms with van der Waals surface area (Å²) in [5.41, 5.74) is -0.166. The van der Waals surface area contributed by atoms with E-state index in [4.69, 9.17) is 9.47 Å². The van der Waals surface area contributed by atoms with Gasteiger partial charge in [0.1, 0.15) is 6.61 Å². The number of carbonyl (C=O) groups excluding carboxylic acids is 1. The molecular weight excluding hydrogens is 180 g/mol. The van der Waals surface area contributed by atoms with Crippen LogP contribution < -0.4 is 0 Å². The average Bonchev–Trinajstić information content (AvgIpc) is 2.12. The molecule has 0 fully saturated rings. The second-order valence-corrected chi connectivity index (χ2v) is 4.39. The van der Waals surface area contributed by atoms with Crippen LogP contribution in [0.4, 0.5) is 0 Å². The molecule has 0 saturated carbocycles. The van der Waals surface area contributed by atoms with E-state index in [1.807, 2.05) is 27.7 Å². The molecule has 0 aromatic heterocycles. The SMILES string of the molecule is COC(C)(C)CCOCC(=O)C(C)C. The predicted molar refractivity (Wildman–Crippen MR) is 56.4 cm³/mol. The number of methoxy groups -OCH3 is 1. The fourth-order valence-corrected chi connectivity index (χ4v) is 0.759. The first-order valence-corrected chi connectivity index (χ1v) is 5.04. The van der Waals surface area contributed by atoms with Crippen LogP contribution >= 0.6 is 0 Å². The van der Waals surface area contributed by atoms with E-state index in [2.05, 4.69) is 0 Å². The van der Waals surface area contributed by atoms with Gasteiger partial charge >= 0.3 is 0 Å². The van der Waals surface area contributed by atoms with Gasteiger partial charge in [-0.3, -0.25) is 4.79 Å². The molecule has 3 heteroatoms. The van der Waals surface area contributed by atoms with Crippen molar-refractivity contribution in [3.63, 3.8) is 0 Å². The van der Waals surface area contributed by atoms with Crippen LogP contribution in [-0.4, -0.2) is 31.7 Å². The van der Waals surface area contributed by atoms with E-state index < -0.39 is 0 Å². The van der Waals surface area contributed by atoms with Gasteiger partial charge in [-0.05, 0) is 20.3 Å². The van der Waals surface area contributed by atoms with Crippen molar-refractivity contribution in [2.45, 2.75) is 39.7 Å². The zero-order chi connectivity index (χ0) is 11.2. The molecule has 0 aromatic rings. The number of Topliss-reactive ketones (excluding diaryl/α,β-unsaturated/α-hetero) is 1. The molecular formula is C11H22O3. The van der Waals surface area contributed by atoms with Crippen LogP contribution in [0, 0.1) is 5.92 Å². The van der Waals surface area contributed by atoms with Gasteiger partial charge in [0, 0.05) is 19.6 Å². The fourth-order valence-electron chi connectivity index (χ4n) is 0.759. The van der Waals surface area contributed by atoms with Crippen LogP contribution in [0.1, 0.15) is 34.1 Å². The highest BCUT2D eigenvalue weighted by atomic mass is 16.5. The van der Waals surface area contributed by atoms with Gasteiger partial charge in [-0.1, -0.05) is 13.8 Å². The molecule has 0 bridgehead atoms. The van der Waals surface area contributed by atoms with Gasteiger partial charge in [0.25, 0.3) is 0 Å². The van der Waals surface area contributed by atoms with Gasteiger partial charge in [-0.25, -0.2) is 0 Å². The van der Waals surface area contributed by atoms with Crippen LogP contribution in [0.15, 0.2) is 0 Å².